The number of urea groups is 1. The van der Waals surface area contributed by atoms with E-state index in [1.807, 2.05) is 6.26 Å². The smallest absolute Gasteiger partial charge is 0.387 e. The monoisotopic (exact) mass is 322 g/mol. The number of amides is 2. The average molecular weight is 322 g/mol. The molecule has 0 saturated heterocycles. The highest BCUT2D eigenvalue weighted by Crippen LogP contribution is 2.30. The van der Waals surface area contributed by atoms with E-state index >= 15 is 0 Å². The predicted octanol–water partition coefficient (Wildman–Crippen LogP) is 2.94. The SMILES string of the molecule is CSCC(C)(O)CNC(=O)Nc1cccc(C(F)(F)F)c1. The third-order valence-electron chi connectivity index (χ3n) is 2.53. The Morgan fingerprint density at radius 2 is 2.05 bits per heavy atom. The fourth-order valence-electron chi connectivity index (χ4n) is 1.58. The molecule has 4 nitrogen and oxygen atoms in total. The summed E-state index contributed by atoms with van der Waals surface area (Å²) >= 11 is 1.42. The summed E-state index contributed by atoms with van der Waals surface area (Å²) in [6.07, 6.45) is -2.65. The lowest BCUT2D eigenvalue weighted by Gasteiger charge is -2.22. The van der Waals surface area contributed by atoms with E-state index in [1.54, 1.807) is 6.92 Å². The minimum absolute atomic E-state index is 0.00135. The number of alkyl halides is 3. The predicted molar refractivity (Wildman–Crippen MR) is 77.5 cm³/mol. The average Bonchev–Trinajstić information content (AvgIpc) is 2.36. The second-order valence-electron chi connectivity index (χ2n) is 4.82. The number of aliphatic hydroxyl groups is 1. The molecule has 2 amide bonds. The summed E-state index contributed by atoms with van der Waals surface area (Å²) in [7, 11) is 0. The Morgan fingerprint density at radius 3 is 2.62 bits per heavy atom. The van der Waals surface area contributed by atoms with Gasteiger partial charge in [-0.15, -0.1) is 0 Å². The lowest BCUT2D eigenvalue weighted by molar-refractivity contribution is -0.137. The largest absolute Gasteiger partial charge is 0.416 e. The van der Waals surface area contributed by atoms with Crippen molar-refractivity contribution in [3.05, 3.63) is 29.8 Å². The summed E-state index contributed by atoms with van der Waals surface area (Å²) in [6, 6.07) is 3.67. The van der Waals surface area contributed by atoms with Crippen molar-refractivity contribution >= 4 is 23.5 Å². The molecular formula is C13H17F3N2O2S. The van der Waals surface area contributed by atoms with Crippen LogP contribution in [0.3, 0.4) is 0 Å². The minimum atomic E-state index is -4.46. The van der Waals surface area contributed by atoms with Crippen molar-refractivity contribution in [3.8, 4) is 0 Å². The first-order valence-corrected chi connectivity index (χ1v) is 7.47. The maximum absolute atomic E-state index is 12.5. The minimum Gasteiger partial charge on any atom is -0.387 e. The van der Waals surface area contributed by atoms with E-state index in [9.17, 15) is 23.1 Å². The van der Waals surface area contributed by atoms with Crippen LogP contribution in [-0.4, -0.2) is 35.3 Å². The zero-order valence-electron chi connectivity index (χ0n) is 11.6. The fraction of sp³-hybridized carbons (Fsp3) is 0.462. The second kappa shape index (κ2) is 7.04. The first-order chi connectivity index (χ1) is 9.64. The number of thioether (sulfide) groups is 1. The Labute approximate surface area is 125 Å². The molecule has 0 bridgehead atoms. The van der Waals surface area contributed by atoms with Gasteiger partial charge in [0.25, 0.3) is 0 Å². The van der Waals surface area contributed by atoms with Gasteiger partial charge in [-0.05, 0) is 31.4 Å². The number of anilines is 1. The molecule has 0 aliphatic carbocycles. The van der Waals surface area contributed by atoms with Gasteiger partial charge in [0.15, 0.2) is 0 Å². The molecule has 118 valence electrons. The molecule has 0 spiro atoms. The molecule has 1 rings (SSSR count). The Kier molecular flexibility index (Phi) is 5.91. The Bertz CT molecular complexity index is 493. The summed E-state index contributed by atoms with van der Waals surface area (Å²) in [5.74, 6) is 0.427. The highest BCUT2D eigenvalue weighted by atomic mass is 32.2. The normalized spacial score (nSPS) is 14.4. The highest BCUT2D eigenvalue weighted by Gasteiger charge is 2.30. The standard InChI is InChI=1S/C13H17F3N2O2S/c1-12(20,8-21-2)7-17-11(19)18-10-5-3-4-9(6-10)13(14,15)16/h3-6,20H,7-8H2,1-2H3,(H2,17,18,19). The van der Waals surface area contributed by atoms with Crippen LogP contribution >= 0.6 is 11.8 Å². The summed E-state index contributed by atoms with van der Waals surface area (Å²) in [6.45, 7) is 1.56. The van der Waals surface area contributed by atoms with Crippen molar-refractivity contribution in [1.29, 1.82) is 0 Å². The van der Waals surface area contributed by atoms with Crippen LogP contribution in [-0.2, 0) is 6.18 Å². The Balaban J connectivity index is 2.60. The van der Waals surface area contributed by atoms with Gasteiger partial charge in [0.05, 0.1) is 11.2 Å². The van der Waals surface area contributed by atoms with Crippen LogP contribution in [0.5, 0.6) is 0 Å². The molecular weight excluding hydrogens is 305 g/mol. The van der Waals surface area contributed by atoms with E-state index in [0.29, 0.717) is 5.75 Å². The zero-order chi connectivity index (χ0) is 16.1. The molecule has 0 fully saturated rings. The van der Waals surface area contributed by atoms with Gasteiger partial charge in [-0.1, -0.05) is 6.07 Å². The van der Waals surface area contributed by atoms with E-state index in [2.05, 4.69) is 10.6 Å². The molecule has 1 aromatic rings. The molecule has 1 unspecified atom stereocenters. The number of hydrogen-bond acceptors (Lipinski definition) is 3. The summed E-state index contributed by atoms with van der Waals surface area (Å²) < 4.78 is 37.6. The molecule has 8 heteroatoms. The number of halogens is 3. The van der Waals surface area contributed by atoms with Crippen molar-refractivity contribution < 1.29 is 23.1 Å². The lowest BCUT2D eigenvalue weighted by Crippen LogP contribution is -2.43. The van der Waals surface area contributed by atoms with Crippen molar-refractivity contribution in [3.63, 3.8) is 0 Å². The van der Waals surface area contributed by atoms with Crippen LogP contribution in [0, 0.1) is 0 Å². The molecule has 0 heterocycles. The Morgan fingerprint density at radius 1 is 1.38 bits per heavy atom. The van der Waals surface area contributed by atoms with Gasteiger partial charge >= 0.3 is 12.2 Å². The van der Waals surface area contributed by atoms with E-state index in [0.717, 1.165) is 12.1 Å². The first kappa shape index (κ1) is 17.6. The second-order valence-corrected chi connectivity index (χ2v) is 5.68. The molecule has 0 radical (unpaired) electrons. The number of hydrogen-bond donors (Lipinski definition) is 3. The van der Waals surface area contributed by atoms with E-state index in [4.69, 9.17) is 0 Å². The third kappa shape index (κ3) is 6.26. The Hall–Kier alpha value is -1.41. The van der Waals surface area contributed by atoms with Crippen molar-refractivity contribution in [2.45, 2.75) is 18.7 Å². The van der Waals surface area contributed by atoms with E-state index < -0.39 is 23.4 Å². The quantitative estimate of drug-likeness (QED) is 0.781. The van der Waals surface area contributed by atoms with Crippen LogP contribution < -0.4 is 10.6 Å². The van der Waals surface area contributed by atoms with Gasteiger partial charge in [0.2, 0.25) is 0 Å². The van der Waals surface area contributed by atoms with Gasteiger partial charge in [-0.3, -0.25) is 0 Å². The molecule has 1 atom stereocenters. The van der Waals surface area contributed by atoms with Gasteiger partial charge in [-0.25, -0.2) is 4.79 Å². The van der Waals surface area contributed by atoms with Gasteiger partial charge in [0, 0.05) is 18.0 Å². The molecule has 0 aliphatic rings. The summed E-state index contributed by atoms with van der Waals surface area (Å²) in [5.41, 5.74) is -1.88. The van der Waals surface area contributed by atoms with Gasteiger partial charge in [-0.2, -0.15) is 24.9 Å². The fourth-order valence-corrected chi connectivity index (χ4v) is 2.31. The molecule has 21 heavy (non-hydrogen) atoms. The lowest BCUT2D eigenvalue weighted by atomic mass is 10.1. The zero-order valence-corrected chi connectivity index (χ0v) is 12.4. The molecule has 0 aromatic heterocycles. The van der Waals surface area contributed by atoms with E-state index in [1.165, 1.54) is 23.9 Å². The van der Waals surface area contributed by atoms with Gasteiger partial charge in [0.1, 0.15) is 0 Å². The van der Waals surface area contributed by atoms with Crippen LogP contribution in [0.2, 0.25) is 0 Å². The van der Waals surface area contributed by atoms with Gasteiger partial charge < -0.3 is 15.7 Å². The summed E-state index contributed by atoms with van der Waals surface area (Å²) in [5, 5.41) is 14.6. The molecule has 0 aliphatic heterocycles. The summed E-state index contributed by atoms with van der Waals surface area (Å²) in [4.78, 5) is 11.6. The van der Waals surface area contributed by atoms with Crippen LogP contribution in [0.1, 0.15) is 12.5 Å². The maximum Gasteiger partial charge on any atom is 0.416 e. The van der Waals surface area contributed by atoms with Crippen molar-refractivity contribution in [1.82, 2.24) is 5.32 Å². The third-order valence-corrected chi connectivity index (χ3v) is 3.44. The van der Waals surface area contributed by atoms with Crippen LogP contribution in [0.25, 0.3) is 0 Å². The van der Waals surface area contributed by atoms with E-state index in [-0.39, 0.29) is 12.2 Å². The number of carbonyl (C=O) groups is 1. The van der Waals surface area contributed by atoms with Crippen LogP contribution in [0.15, 0.2) is 24.3 Å². The topological polar surface area (TPSA) is 61.4 Å². The highest BCUT2D eigenvalue weighted by molar-refractivity contribution is 7.98. The number of carbonyl (C=O) groups excluding carboxylic acids is 1. The number of rotatable bonds is 5. The maximum atomic E-state index is 12.5. The number of benzene rings is 1. The van der Waals surface area contributed by atoms with Crippen molar-refractivity contribution in [2.75, 3.05) is 23.9 Å². The number of nitrogens with one attached hydrogen (secondary N) is 2. The first-order valence-electron chi connectivity index (χ1n) is 6.07. The molecule has 1 aromatic carbocycles. The van der Waals surface area contributed by atoms with Crippen molar-refractivity contribution in [2.24, 2.45) is 0 Å². The molecule has 0 saturated carbocycles. The molecule has 3 N–H and O–H groups in total. The van der Waals surface area contributed by atoms with Crippen LogP contribution in [0.4, 0.5) is 23.7 Å².